The van der Waals surface area contributed by atoms with Crippen molar-refractivity contribution in [1.82, 2.24) is 14.9 Å². The quantitative estimate of drug-likeness (QED) is 0.838. The summed E-state index contributed by atoms with van der Waals surface area (Å²) in [7, 11) is 0. The zero-order valence-electron chi connectivity index (χ0n) is 11.7. The first-order chi connectivity index (χ1) is 10.0. The van der Waals surface area contributed by atoms with Crippen molar-refractivity contribution in [3.8, 4) is 0 Å². The number of H-pyrrole nitrogens is 2. The molecule has 0 saturated heterocycles. The van der Waals surface area contributed by atoms with E-state index in [1.807, 2.05) is 13.0 Å². The molecule has 2 N–H and O–H groups in total. The van der Waals surface area contributed by atoms with Gasteiger partial charge < -0.3 is 4.98 Å². The molecule has 2 heterocycles. The number of aromatic nitrogens is 2. The van der Waals surface area contributed by atoms with Crippen molar-refractivity contribution < 1.29 is 4.39 Å². The number of fused-ring (bicyclic) bond motifs is 1. The van der Waals surface area contributed by atoms with Gasteiger partial charge in [0.25, 0.3) is 5.56 Å². The van der Waals surface area contributed by atoms with Crippen molar-refractivity contribution >= 4 is 12.2 Å². The standard InChI is InChI=1S/C15H16FN3OS/c1-9-6-11(16)3-2-10(9)7-19-5-4-13-12(8-19)14(20)18-15(21)17-13/h2-3,6H,4-5,7-8H2,1H3,(H2,17,18,20,21). The van der Waals surface area contributed by atoms with E-state index in [1.54, 1.807) is 0 Å². The molecular weight excluding hydrogens is 289 g/mol. The Morgan fingerprint density at radius 1 is 1.38 bits per heavy atom. The molecule has 0 radical (unpaired) electrons. The molecule has 1 aliphatic rings. The van der Waals surface area contributed by atoms with Crippen LogP contribution in [0.2, 0.25) is 0 Å². The second-order valence-corrected chi connectivity index (χ2v) is 5.81. The Kier molecular flexibility index (Phi) is 3.73. The van der Waals surface area contributed by atoms with Gasteiger partial charge in [0.15, 0.2) is 4.77 Å². The lowest BCUT2D eigenvalue weighted by molar-refractivity contribution is 0.241. The molecular formula is C15H16FN3OS. The zero-order valence-corrected chi connectivity index (χ0v) is 12.5. The molecule has 0 fully saturated rings. The Morgan fingerprint density at radius 3 is 2.95 bits per heavy atom. The number of aryl methyl sites for hydroxylation is 1. The van der Waals surface area contributed by atoms with E-state index >= 15 is 0 Å². The summed E-state index contributed by atoms with van der Waals surface area (Å²) in [6.07, 6.45) is 0.767. The van der Waals surface area contributed by atoms with E-state index in [9.17, 15) is 9.18 Å². The van der Waals surface area contributed by atoms with Crippen LogP contribution in [0.5, 0.6) is 0 Å². The second-order valence-electron chi connectivity index (χ2n) is 5.40. The molecule has 110 valence electrons. The third-order valence-corrected chi connectivity index (χ3v) is 4.09. The van der Waals surface area contributed by atoms with E-state index in [1.165, 1.54) is 12.1 Å². The summed E-state index contributed by atoms with van der Waals surface area (Å²) in [5.74, 6) is -0.218. The minimum absolute atomic E-state index is 0.116. The van der Waals surface area contributed by atoms with Gasteiger partial charge in [0.2, 0.25) is 0 Å². The maximum absolute atomic E-state index is 13.1. The van der Waals surface area contributed by atoms with Crippen LogP contribution in [-0.2, 0) is 19.5 Å². The van der Waals surface area contributed by atoms with Crippen LogP contribution in [-0.4, -0.2) is 21.4 Å². The molecule has 0 unspecified atom stereocenters. The van der Waals surface area contributed by atoms with E-state index in [2.05, 4.69) is 14.9 Å². The highest BCUT2D eigenvalue weighted by Crippen LogP contribution is 2.18. The van der Waals surface area contributed by atoms with Crippen LogP contribution in [0.4, 0.5) is 4.39 Å². The van der Waals surface area contributed by atoms with Gasteiger partial charge in [0, 0.05) is 31.7 Å². The van der Waals surface area contributed by atoms with Crippen LogP contribution in [0.25, 0.3) is 0 Å². The van der Waals surface area contributed by atoms with Crippen molar-refractivity contribution in [2.24, 2.45) is 0 Å². The third kappa shape index (κ3) is 2.96. The van der Waals surface area contributed by atoms with Gasteiger partial charge in [-0.3, -0.25) is 14.7 Å². The molecule has 1 aliphatic heterocycles. The summed E-state index contributed by atoms with van der Waals surface area (Å²) in [6, 6.07) is 4.82. The molecule has 0 spiro atoms. The van der Waals surface area contributed by atoms with Crippen LogP contribution in [0.3, 0.4) is 0 Å². The summed E-state index contributed by atoms with van der Waals surface area (Å²) in [5, 5.41) is 0. The van der Waals surface area contributed by atoms with E-state index < -0.39 is 0 Å². The maximum atomic E-state index is 13.1. The van der Waals surface area contributed by atoms with E-state index in [4.69, 9.17) is 12.2 Å². The van der Waals surface area contributed by atoms with Gasteiger partial charge >= 0.3 is 0 Å². The summed E-state index contributed by atoms with van der Waals surface area (Å²) in [5.41, 5.74) is 3.57. The Bertz CT molecular complexity index is 796. The first-order valence-electron chi connectivity index (χ1n) is 6.84. The number of hydrogen-bond acceptors (Lipinski definition) is 3. The lowest BCUT2D eigenvalue weighted by atomic mass is 10.0. The normalized spacial score (nSPS) is 15.0. The lowest BCUT2D eigenvalue weighted by Gasteiger charge is -2.28. The van der Waals surface area contributed by atoms with Crippen molar-refractivity contribution in [3.63, 3.8) is 0 Å². The van der Waals surface area contributed by atoms with Crippen molar-refractivity contribution in [2.45, 2.75) is 26.4 Å². The van der Waals surface area contributed by atoms with Crippen LogP contribution >= 0.6 is 12.2 Å². The number of benzene rings is 1. The number of halogens is 1. The van der Waals surface area contributed by atoms with Gasteiger partial charge in [0.05, 0.1) is 5.56 Å². The Morgan fingerprint density at radius 2 is 2.19 bits per heavy atom. The maximum Gasteiger partial charge on any atom is 0.256 e. The monoisotopic (exact) mass is 305 g/mol. The Labute approximate surface area is 126 Å². The predicted molar refractivity (Wildman–Crippen MR) is 81.2 cm³/mol. The molecule has 4 nitrogen and oxygen atoms in total. The highest BCUT2D eigenvalue weighted by molar-refractivity contribution is 7.71. The van der Waals surface area contributed by atoms with Gasteiger partial charge in [-0.25, -0.2) is 4.39 Å². The molecule has 0 aliphatic carbocycles. The van der Waals surface area contributed by atoms with Crippen LogP contribution in [0.15, 0.2) is 23.0 Å². The highest BCUT2D eigenvalue weighted by atomic mass is 32.1. The van der Waals surface area contributed by atoms with Gasteiger partial charge in [-0.05, 0) is 42.4 Å². The number of hydrogen-bond donors (Lipinski definition) is 2. The summed E-state index contributed by atoms with van der Waals surface area (Å²) in [4.78, 5) is 19.8. The van der Waals surface area contributed by atoms with Crippen LogP contribution in [0.1, 0.15) is 22.4 Å². The lowest BCUT2D eigenvalue weighted by Crippen LogP contribution is -2.35. The fraction of sp³-hybridized carbons (Fsp3) is 0.333. The van der Waals surface area contributed by atoms with Crippen LogP contribution < -0.4 is 5.56 Å². The molecule has 21 heavy (non-hydrogen) atoms. The zero-order chi connectivity index (χ0) is 15.0. The molecule has 2 aromatic rings. The number of aromatic amines is 2. The van der Waals surface area contributed by atoms with Gasteiger partial charge in [-0.15, -0.1) is 0 Å². The van der Waals surface area contributed by atoms with Gasteiger partial charge in [-0.2, -0.15) is 0 Å². The third-order valence-electron chi connectivity index (χ3n) is 3.89. The minimum Gasteiger partial charge on any atom is -0.335 e. The molecule has 0 bridgehead atoms. The fourth-order valence-electron chi connectivity index (χ4n) is 2.73. The van der Waals surface area contributed by atoms with E-state index in [0.29, 0.717) is 17.9 Å². The van der Waals surface area contributed by atoms with Crippen LogP contribution in [0, 0.1) is 17.5 Å². The minimum atomic E-state index is -0.218. The van der Waals surface area contributed by atoms with Crippen molar-refractivity contribution in [3.05, 3.63) is 61.5 Å². The molecule has 6 heteroatoms. The van der Waals surface area contributed by atoms with Gasteiger partial charge in [-0.1, -0.05) is 6.07 Å². The summed E-state index contributed by atoms with van der Waals surface area (Å²) >= 11 is 4.99. The number of rotatable bonds is 2. The molecule has 1 aromatic heterocycles. The average Bonchev–Trinajstić information content (AvgIpc) is 2.42. The van der Waals surface area contributed by atoms with Gasteiger partial charge in [0.1, 0.15) is 5.82 Å². The smallest absolute Gasteiger partial charge is 0.256 e. The first kappa shape index (κ1) is 14.2. The number of nitrogens with zero attached hydrogens (tertiary/aromatic N) is 1. The predicted octanol–water partition coefficient (Wildman–Crippen LogP) is 2.44. The molecule has 0 amide bonds. The molecule has 1 aromatic carbocycles. The van der Waals surface area contributed by atoms with E-state index in [0.717, 1.165) is 35.3 Å². The Balaban J connectivity index is 1.83. The number of nitrogens with one attached hydrogen (secondary N) is 2. The highest BCUT2D eigenvalue weighted by Gasteiger charge is 2.20. The topological polar surface area (TPSA) is 51.9 Å². The second kappa shape index (κ2) is 5.54. The average molecular weight is 305 g/mol. The summed E-state index contributed by atoms with van der Waals surface area (Å²) in [6.45, 7) is 4.03. The fourth-order valence-corrected chi connectivity index (χ4v) is 2.94. The molecule has 0 saturated carbocycles. The van der Waals surface area contributed by atoms with Crippen molar-refractivity contribution in [1.29, 1.82) is 0 Å². The molecule has 0 atom stereocenters. The first-order valence-corrected chi connectivity index (χ1v) is 7.25. The summed E-state index contributed by atoms with van der Waals surface area (Å²) < 4.78 is 13.5. The Hall–Kier alpha value is -1.79. The van der Waals surface area contributed by atoms with E-state index in [-0.39, 0.29) is 11.4 Å². The van der Waals surface area contributed by atoms with Crippen molar-refractivity contribution in [2.75, 3.05) is 6.54 Å². The molecule has 3 rings (SSSR count). The SMILES string of the molecule is Cc1cc(F)ccc1CN1CCc2[nH]c(=S)[nH]c(=O)c2C1. The largest absolute Gasteiger partial charge is 0.335 e.